The quantitative estimate of drug-likeness (QED) is 0.798. The third-order valence-electron chi connectivity index (χ3n) is 4.74. The van der Waals surface area contributed by atoms with Gasteiger partial charge in [-0.2, -0.15) is 0 Å². The third kappa shape index (κ3) is 5.20. The Kier molecular flexibility index (Phi) is 7.74. The standard InChI is InChI=1S/C17H26N4O3.ClH/c22-16(19-8-12-20-10-6-18-7-11-20)14-4-1-2-9-21(14)17(23)15-5-3-13-24-15;/h3,5,13-14,18H,1-2,4,6-12H2,(H,19,22);1H. The number of nitrogens with zero attached hydrogens (tertiary/aromatic N) is 2. The fourth-order valence-electron chi connectivity index (χ4n) is 3.38. The average Bonchev–Trinajstić information content (AvgIpc) is 3.16. The van der Waals surface area contributed by atoms with Gasteiger partial charge in [-0.3, -0.25) is 14.5 Å². The highest BCUT2D eigenvalue weighted by molar-refractivity contribution is 5.95. The molecule has 0 spiro atoms. The summed E-state index contributed by atoms with van der Waals surface area (Å²) < 4.78 is 5.20. The van der Waals surface area contributed by atoms with Gasteiger partial charge in [-0.1, -0.05) is 0 Å². The molecule has 2 N–H and O–H groups in total. The molecule has 1 atom stereocenters. The van der Waals surface area contributed by atoms with Gasteiger partial charge in [0.2, 0.25) is 5.91 Å². The zero-order chi connectivity index (χ0) is 16.8. The van der Waals surface area contributed by atoms with Gasteiger partial charge >= 0.3 is 0 Å². The molecule has 0 aliphatic carbocycles. The van der Waals surface area contributed by atoms with Crippen molar-refractivity contribution < 1.29 is 14.0 Å². The zero-order valence-electron chi connectivity index (χ0n) is 14.4. The Morgan fingerprint density at radius 3 is 2.76 bits per heavy atom. The first-order chi connectivity index (χ1) is 11.8. The largest absolute Gasteiger partial charge is 0.459 e. The summed E-state index contributed by atoms with van der Waals surface area (Å²) >= 11 is 0. The topological polar surface area (TPSA) is 77.8 Å². The van der Waals surface area contributed by atoms with Crippen molar-refractivity contribution in [3.63, 3.8) is 0 Å². The first-order valence-electron chi connectivity index (χ1n) is 8.81. The number of amides is 2. The normalized spacial score (nSPS) is 21.4. The van der Waals surface area contributed by atoms with Gasteiger partial charge in [-0.05, 0) is 31.4 Å². The van der Waals surface area contributed by atoms with Crippen molar-refractivity contribution >= 4 is 24.2 Å². The van der Waals surface area contributed by atoms with Crippen LogP contribution in [0.5, 0.6) is 0 Å². The van der Waals surface area contributed by atoms with Crippen LogP contribution in [0, 0.1) is 0 Å². The van der Waals surface area contributed by atoms with E-state index in [1.807, 2.05) is 0 Å². The highest BCUT2D eigenvalue weighted by atomic mass is 35.5. The van der Waals surface area contributed by atoms with Crippen LogP contribution in [0.25, 0.3) is 0 Å². The molecule has 8 heteroatoms. The Hall–Kier alpha value is -1.57. The fraction of sp³-hybridized carbons (Fsp3) is 0.647. The summed E-state index contributed by atoms with van der Waals surface area (Å²) in [6, 6.07) is 2.95. The lowest BCUT2D eigenvalue weighted by atomic mass is 10.0. The number of hydrogen-bond donors (Lipinski definition) is 2. The summed E-state index contributed by atoms with van der Waals surface area (Å²) in [4.78, 5) is 29.1. The molecule has 25 heavy (non-hydrogen) atoms. The first-order valence-corrected chi connectivity index (χ1v) is 8.81. The van der Waals surface area contributed by atoms with Crippen LogP contribution in [0.15, 0.2) is 22.8 Å². The van der Waals surface area contributed by atoms with E-state index in [-0.39, 0.29) is 30.3 Å². The van der Waals surface area contributed by atoms with Crippen molar-refractivity contribution in [3.8, 4) is 0 Å². The molecule has 2 amide bonds. The molecule has 2 aliphatic heterocycles. The van der Waals surface area contributed by atoms with E-state index in [0.717, 1.165) is 45.6 Å². The second-order valence-corrected chi connectivity index (χ2v) is 6.37. The van der Waals surface area contributed by atoms with Crippen LogP contribution >= 0.6 is 12.4 Å². The SMILES string of the molecule is Cl.O=C(NCCN1CCNCC1)C1CCCCN1C(=O)c1ccco1. The van der Waals surface area contributed by atoms with Crippen molar-refractivity contribution in [1.29, 1.82) is 0 Å². The monoisotopic (exact) mass is 370 g/mol. The van der Waals surface area contributed by atoms with Gasteiger partial charge in [-0.25, -0.2) is 0 Å². The van der Waals surface area contributed by atoms with Crippen LogP contribution < -0.4 is 10.6 Å². The molecule has 2 saturated heterocycles. The zero-order valence-corrected chi connectivity index (χ0v) is 15.2. The van der Waals surface area contributed by atoms with Gasteiger partial charge in [-0.15, -0.1) is 12.4 Å². The summed E-state index contributed by atoms with van der Waals surface area (Å²) in [6.07, 6.45) is 4.10. The minimum absolute atomic E-state index is 0. The van der Waals surface area contributed by atoms with Crippen LogP contribution in [0.1, 0.15) is 29.8 Å². The molecule has 3 rings (SSSR count). The van der Waals surface area contributed by atoms with E-state index in [9.17, 15) is 9.59 Å². The lowest BCUT2D eigenvalue weighted by Gasteiger charge is -2.34. The Morgan fingerprint density at radius 1 is 1.24 bits per heavy atom. The second-order valence-electron chi connectivity index (χ2n) is 6.37. The van der Waals surface area contributed by atoms with Gasteiger partial charge < -0.3 is 20.0 Å². The molecule has 0 aromatic carbocycles. The van der Waals surface area contributed by atoms with Gasteiger partial charge in [0.1, 0.15) is 6.04 Å². The second kappa shape index (κ2) is 9.79. The van der Waals surface area contributed by atoms with E-state index >= 15 is 0 Å². The number of carbonyl (C=O) groups is 2. The maximum atomic E-state index is 12.6. The van der Waals surface area contributed by atoms with Crippen molar-refractivity contribution in [2.75, 3.05) is 45.8 Å². The molecule has 7 nitrogen and oxygen atoms in total. The Balaban J connectivity index is 0.00000225. The Morgan fingerprint density at radius 2 is 2.04 bits per heavy atom. The summed E-state index contributed by atoms with van der Waals surface area (Å²) in [6.45, 7) is 6.12. The molecule has 1 aromatic heterocycles. The number of carbonyl (C=O) groups excluding carboxylic acids is 2. The number of piperazine rings is 1. The van der Waals surface area contributed by atoms with E-state index in [4.69, 9.17) is 4.42 Å². The fourth-order valence-corrected chi connectivity index (χ4v) is 3.38. The van der Waals surface area contributed by atoms with Crippen LogP contribution in [-0.2, 0) is 4.79 Å². The van der Waals surface area contributed by atoms with Crippen molar-refractivity contribution in [2.24, 2.45) is 0 Å². The van der Waals surface area contributed by atoms with Gasteiger partial charge in [0.15, 0.2) is 5.76 Å². The van der Waals surface area contributed by atoms with E-state index in [2.05, 4.69) is 15.5 Å². The molecule has 1 aromatic rings. The minimum atomic E-state index is -0.389. The predicted octanol–water partition coefficient (Wildman–Crippen LogP) is 0.718. The number of halogens is 1. The predicted molar refractivity (Wildman–Crippen MR) is 97.0 cm³/mol. The van der Waals surface area contributed by atoms with E-state index in [1.54, 1.807) is 17.0 Å². The van der Waals surface area contributed by atoms with E-state index in [1.165, 1.54) is 6.26 Å². The maximum Gasteiger partial charge on any atom is 0.290 e. The number of piperidine rings is 1. The van der Waals surface area contributed by atoms with Crippen LogP contribution in [0.4, 0.5) is 0 Å². The molecule has 0 radical (unpaired) electrons. The maximum absolute atomic E-state index is 12.6. The van der Waals surface area contributed by atoms with Crippen molar-refractivity contribution in [3.05, 3.63) is 24.2 Å². The van der Waals surface area contributed by atoms with Crippen LogP contribution in [-0.4, -0.2) is 73.5 Å². The molecule has 0 saturated carbocycles. The third-order valence-corrected chi connectivity index (χ3v) is 4.74. The lowest BCUT2D eigenvalue weighted by molar-refractivity contribution is -0.126. The van der Waals surface area contributed by atoms with Gasteiger partial charge in [0, 0.05) is 45.8 Å². The molecular formula is C17H27ClN4O3. The van der Waals surface area contributed by atoms with E-state index < -0.39 is 0 Å². The average molecular weight is 371 g/mol. The number of hydrogen-bond acceptors (Lipinski definition) is 5. The minimum Gasteiger partial charge on any atom is -0.459 e. The summed E-state index contributed by atoms with van der Waals surface area (Å²) in [5.41, 5.74) is 0. The smallest absolute Gasteiger partial charge is 0.290 e. The van der Waals surface area contributed by atoms with Crippen molar-refractivity contribution in [2.45, 2.75) is 25.3 Å². The highest BCUT2D eigenvalue weighted by Crippen LogP contribution is 2.20. The summed E-state index contributed by atoms with van der Waals surface area (Å²) in [5, 5.41) is 6.32. The number of likely N-dealkylation sites (tertiary alicyclic amines) is 1. The number of furan rings is 1. The molecule has 1 unspecified atom stereocenters. The lowest BCUT2D eigenvalue weighted by Crippen LogP contribution is -2.53. The molecule has 0 bridgehead atoms. The molecule has 2 aliphatic rings. The summed E-state index contributed by atoms with van der Waals surface area (Å²) in [5.74, 6) is 0.0576. The summed E-state index contributed by atoms with van der Waals surface area (Å²) in [7, 11) is 0. The van der Waals surface area contributed by atoms with Crippen LogP contribution in [0.2, 0.25) is 0 Å². The van der Waals surface area contributed by atoms with Gasteiger partial charge in [0.05, 0.1) is 6.26 Å². The number of rotatable bonds is 5. The molecular weight excluding hydrogens is 344 g/mol. The highest BCUT2D eigenvalue weighted by Gasteiger charge is 2.33. The molecule has 140 valence electrons. The Bertz CT molecular complexity index is 546. The first kappa shape index (κ1) is 19.8. The van der Waals surface area contributed by atoms with Crippen LogP contribution in [0.3, 0.4) is 0 Å². The van der Waals surface area contributed by atoms with Gasteiger partial charge in [0.25, 0.3) is 5.91 Å². The molecule has 2 fully saturated rings. The Labute approximate surface area is 154 Å². The molecule has 3 heterocycles. The van der Waals surface area contributed by atoms with E-state index in [0.29, 0.717) is 25.3 Å². The number of nitrogens with one attached hydrogen (secondary N) is 2. The van der Waals surface area contributed by atoms with Crippen molar-refractivity contribution in [1.82, 2.24) is 20.4 Å².